The van der Waals surface area contributed by atoms with E-state index in [-0.39, 0.29) is 19.1 Å². The average Bonchev–Trinajstić information content (AvgIpc) is 3.24. The lowest BCUT2D eigenvalue weighted by Gasteiger charge is -2.25. The number of rotatable bonds is 49. The van der Waals surface area contributed by atoms with Crippen LogP contribution in [-0.2, 0) is 18.4 Å². The van der Waals surface area contributed by atoms with Gasteiger partial charge in [-0.3, -0.25) is 13.8 Å². The van der Waals surface area contributed by atoms with Gasteiger partial charge in [0.1, 0.15) is 13.2 Å². The number of quaternary nitrogens is 1. The van der Waals surface area contributed by atoms with E-state index >= 15 is 0 Å². The highest BCUT2D eigenvalue weighted by Crippen LogP contribution is 2.43. The molecule has 0 fully saturated rings. The summed E-state index contributed by atoms with van der Waals surface area (Å²) in [4.78, 5) is 23.2. The summed E-state index contributed by atoms with van der Waals surface area (Å²) < 4.78 is 23.6. The molecule has 3 atom stereocenters. The van der Waals surface area contributed by atoms with Crippen molar-refractivity contribution in [2.24, 2.45) is 0 Å². The van der Waals surface area contributed by atoms with Crippen molar-refractivity contribution in [2.75, 3.05) is 40.9 Å². The van der Waals surface area contributed by atoms with Crippen molar-refractivity contribution < 1.29 is 32.9 Å². The van der Waals surface area contributed by atoms with E-state index in [0.29, 0.717) is 17.4 Å². The third-order valence-corrected chi connectivity index (χ3v) is 13.1. The van der Waals surface area contributed by atoms with E-state index in [1.165, 1.54) is 186 Å². The monoisotopic (exact) mass is 910 g/mol. The SMILES string of the molecule is CCCCCCCCCCC/C=C\C/C=C\CCCCCCCCCCCCCC(=O)NC(COP(=O)(O)OCC[N+](C)(C)C)C(O)/C=C/CCCCCCCCCCCCCC. The molecule has 0 radical (unpaired) electrons. The molecule has 0 aromatic heterocycles. The molecule has 0 aromatic carbocycles. The van der Waals surface area contributed by atoms with Gasteiger partial charge in [0.25, 0.3) is 0 Å². The minimum absolute atomic E-state index is 0.0614. The van der Waals surface area contributed by atoms with Crippen molar-refractivity contribution in [3.8, 4) is 0 Å². The maximum atomic E-state index is 12.9. The summed E-state index contributed by atoms with van der Waals surface area (Å²) in [6.07, 6.45) is 58.0. The Bertz CT molecular complexity index is 1120. The van der Waals surface area contributed by atoms with Crippen LogP contribution in [0.15, 0.2) is 36.5 Å². The molecule has 0 spiro atoms. The average molecular weight is 910 g/mol. The van der Waals surface area contributed by atoms with E-state index in [2.05, 4.69) is 43.5 Å². The first kappa shape index (κ1) is 61.7. The zero-order chi connectivity index (χ0) is 46.4. The molecular weight excluding hydrogens is 804 g/mol. The second kappa shape index (κ2) is 45.9. The lowest BCUT2D eigenvalue weighted by Crippen LogP contribution is -2.45. The Kier molecular flexibility index (Phi) is 44.9. The Balaban J connectivity index is 4.18. The van der Waals surface area contributed by atoms with Gasteiger partial charge < -0.3 is 19.8 Å². The number of hydrogen-bond acceptors (Lipinski definition) is 5. The summed E-state index contributed by atoms with van der Waals surface area (Å²) in [5.41, 5.74) is 0. The van der Waals surface area contributed by atoms with Crippen molar-refractivity contribution in [2.45, 2.75) is 264 Å². The second-order valence-corrected chi connectivity index (χ2v) is 21.1. The molecule has 63 heavy (non-hydrogen) atoms. The normalized spacial score (nSPS) is 14.3. The highest BCUT2D eigenvalue weighted by Gasteiger charge is 2.27. The van der Waals surface area contributed by atoms with Gasteiger partial charge in [0.05, 0.1) is 39.9 Å². The molecule has 3 unspecified atom stereocenters. The van der Waals surface area contributed by atoms with Gasteiger partial charge in [0.2, 0.25) is 5.91 Å². The second-order valence-electron chi connectivity index (χ2n) is 19.6. The zero-order valence-corrected chi connectivity index (χ0v) is 43.2. The van der Waals surface area contributed by atoms with Crippen LogP contribution in [0.2, 0.25) is 0 Å². The van der Waals surface area contributed by atoms with Crippen molar-refractivity contribution in [3.63, 3.8) is 0 Å². The molecule has 9 heteroatoms. The molecule has 0 bridgehead atoms. The molecule has 0 saturated carbocycles. The fraction of sp³-hybridized carbons (Fsp3) is 0.870. The summed E-state index contributed by atoms with van der Waals surface area (Å²) in [5, 5.41) is 13.9. The molecule has 0 saturated heterocycles. The fourth-order valence-corrected chi connectivity index (χ4v) is 8.57. The van der Waals surface area contributed by atoms with Gasteiger partial charge in [0.15, 0.2) is 0 Å². The molecule has 8 nitrogen and oxygen atoms in total. The van der Waals surface area contributed by atoms with Crippen molar-refractivity contribution in [1.82, 2.24) is 5.32 Å². The Hall–Kier alpha value is -1.28. The van der Waals surface area contributed by atoms with Gasteiger partial charge in [0, 0.05) is 6.42 Å². The van der Waals surface area contributed by atoms with Crippen LogP contribution in [0.4, 0.5) is 0 Å². The van der Waals surface area contributed by atoms with Gasteiger partial charge in [-0.1, -0.05) is 230 Å². The molecule has 0 aromatic rings. The van der Waals surface area contributed by atoms with E-state index in [0.717, 1.165) is 44.9 Å². The summed E-state index contributed by atoms with van der Waals surface area (Å²) in [5.74, 6) is -0.178. The maximum Gasteiger partial charge on any atom is 0.472 e. The lowest BCUT2D eigenvalue weighted by molar-refractivity contribution is -0.870. The van der Waals surface area contributed by atoms with Crippen LogP contribution in [0.1, 0.15) is 251 Å². The van der Waals surface area contributed by atoms with E-state index in [1.807, 2.05) is 27.2 Å². The third kappa shape index (κ3) is 48.5. The van der Waals surface area contributed by atoms with Crippen molar-refractivity contribution in [3.05, 3.63) is 36.5 Å². The van der Waals surface area contributed by atoms with E-state index in [9.17, 15) is 19.4 Å². The fourth-order valence-electron chi connectivity index (χ4n) is 7.84. The third-order valence-electron chi connectivity index (χ3n) is 12.1. The number of aliphatic hydroxyl groups is 1. The molecular formula is C54H106N2O6P+. The zero-order valence-electron chi connectivity index (χ0n) is 42.3. The molecule has 0 aliphatic heterocycles. The Labute approximate surface area is 391 Å². The van der Waals surface area contributed by atoms with Gasteiger partial charge in [-0.05, 0) is 51.4 Å². The molecule has 3 N–H and O–H groups in total. The number of likely N-dealkylation sites (N-methyl/N-ethyl adjacent to an activating group) is 1. The number of aliphatic hydroxyl groups excluding tert-OH is 1. The standard InChI is InChI=1S/C54H105N2O6P/c1-6-8-10-12-14-16-18-20-22-23-24-25-26-27-28-29-30-31-32-33-34-36-38-40-42-44-46-48-54(58)55-52(51-62-63(59,60)61-50-49-56(3,4)5)53(57)47-45-43-41-39-37-35-21-19-17-15-13-11-9-7-2/h24-25,27-28,45,47,52-53,57H,6-23,26,29-44,46,48-51H2,1-5H3,(H-,55,58,59,60)/p+1/b25-24-,28-27-,47-45+. The Morgan fingerprint density at radius 3 is 1.30 bits per heavy atom. The molecule has 0 rings (SSSR count). The quantitative estimate of drug-likeness (QED) is 0.0243. The highest BCUT2D eigenvalue weighted by atomic mass is 31.2. The number of nitrogens with zero attached hydrogens (tertiary/aromatic N) is 1. The van der Waals surface area contributed by atoms with Crippen LogP contribution in [-0.4, -0.2) is 73.4 Å². The summed E-state index contributed by atoms with van der Waals surface area (Å²) in [6.45, 7) is 4.83. The largest absolute Gasteiger partial charge is 0.472 e. The summed E-state index contributed by atoms with van der Waals surface area (Å²) >= 11 is 0. The first-order valence-corrected chi connectivity index (χ1v) is 28.4. The van der Waals surface area contributed by atoms with Gasteiger partial charge in [-0.25, -0.2) is 4.57 Å². The highest BCUT2D eigenvalue weighted by molar-refractivity contribution is 7.47. The molecule has 372 valence electrons. The number of carbonyl (C=O) groups excluding carboxylic acids is 1. The predicted molar refractivity (Wildman–Crippen MR) is 272 cm³/mol. The van der Waals surface area contributed by atoms with E-state index in [1.54, 1.807) is 6.08 Å². The van der Waals surface area contributed by atoms with Crippen LogP contribution in [0.5, 0.6) is 0 Å². The first-order valence-electron chi connectivity index (χ1n) is 26.9. The van der Waals surface area contributed by atoms with E-state index in [4.69, 9.17) is 9.05 Å². The number of hydrogen-bond donors (Lipinski definition) is 3. The van der Waals surface area contributed by atoms with Gasteiger partial charge in [-0.15, -0.1) is 0 Å². The smallest absolute Gasteiger partial charge is 0.387 e. The molecule has 0 aliphatic carbocycles. The van der Waals surface area contributed by atoms with Gasteiger partial charge in [-0.2, -0.15) is 0 Å². The van der Waals surface area contributed by atoms with Crippen LogP contribution < -0.4 is 5.32 Å². The summed E-state index contributed by atoms with van der Waals surface area (Å²) in [7, 11) is 1.57. The van der Waals surface area contributed by atoms with Crippen LogP contribution in [0.3, 0.4) is 0 Å². The number of phosphoric acid groups is 1. The Morgan fingerprint density at radius 1 is 0.540 bits per heavy atom. The number of nitrogens with one attached hydrogen (secondary N) is 1. The van der Waals surface area contributed by atoms with Crippen LogP contribution in [0, 0.1) is 0 Å². The topological polar surface area (TPSA) is 105 Å². The minimum atomic E-state index is -4.34. The van der Waals surface area contributed by atoms with Gasteiger partial charge >= 0.3 is 7.82 Å². The number of unbranched alkanes of at least 4 members (excludes halogenated alkanes) is 32. The van der Waals surface area contributed by atoms with E-state index < -0.39 is 20.0 Å². The maximum absolute atomic E-state index is 12.9. The molecule has 0 heterocycles. The number of amides is 1. The number of phosphoric ester groups is 1. The van der Waals surface area contributed by atoms with Crippen molar-refractivity contribution >= 4 is 13.7 Å². The number of allylic oxidation sites excluding steroid dienone is 5. The first-order chi connectivity index (χ1) is 30.5. The Morgan fingerprint density at radius 2 is 0.905 bits per heavy atom. The lowest BCUT2D eigenvalue weighted by atomic mass is 10.0. The van der Waals surface area contributed by atoms with Crippen LogP contribution in [0.25, 0.3) is 0 Å². The molecule has 1 amide bonds. The minimum Gasteiger partial charge on any atom is -0.387 e. The summed E-state index contributed by atoms with van der Waals surface area (Å²) in [6, 6.07) is -0.846. The van der Waals surface area contributed by atoms with Crippen molar-refractivity contribution in [1.29, 1.82) is 0 Å². The van der Waals surface area contributed by atoms with Crippen LogP contribution >= 0.6 is 7.82 Å². The predicted octanol–water partition coefficient (Wildman–Crippen LogP) is 15.8. The molecule has 0 aliphatic rings. The number of carbonyl (C=O) groups is 1.